The summed E-state index contributed by atoms with van der Waals surface area (Å²) in [7, 11) is 1.46. The minimum absolute atomic E-state index is 0.0985. The number of methoxy groups -OCH3 is 1. The highest BCUT2D eigenvalue weighted by Crippen LogP contribution is 2.23. The molecule has 1 aromatic rings. The first-order chi connectivity index (χ1) is 7.42. The van der Waals surface area contributed by atoms with Gasteiger partial charge in [-0.1, -0.05) is 0 Å². The average Bonchev–Trinajstić information content (AvgIpc) is 2.65. The van der Waals surface area contributed by atoms with Crippen LogP contribution in [0.25, 0.3) is 0 Å². The van der Waals surface area contributed by atoms with E-state index in [2.05, 4.69) is 10.1 Å². The maximum atomic E-state index is 10.5. The van der Waals surface area contributed by atoms with Gasteiger partial charge in [0.15, 0.2) is 5.79 Å². The summed E-state index contributed by atoms with van der Waals surface area (Å²) in [5, 5.41) is 11.3. The van der Waals surface area contributed by atoms with Gasteiger partial charge in [0.05, 0.1) is 18.7 Å². The lowest BCUT2D eigenvalue weighted by Gasteiger charge is -2.24. The van der Waals surface area contributed by atoms with E-state index in [1.165, 1.54) is 7.11 Å². The first kappa shape index (κ1) is 12.7. The summed E-state index contributed by atoms with van der Waals surface area (Å²) in [5.74, 6) is -0.0130. The molecule has 0 radical (unpaired) electrons. The SMILES string of the molecule is COC(C)(C)O.O=C1C[C@H](c2ccco2)N1. The molecule has 0 saturated carbocycles. The molecule has 16 heavy (non-hydrogen) atoms. The van der Waals surface area contributed by atoms with E-state index in [0.717, 1.165) is 5.76 Å². The van der Waals surface area contributed by atoms with Crippen LogP contribution in [0.4, 0.5) is 0 Å². The molecular formula is C11H17NO4. The Balaban J connectivity index is 0.000000187. The molecule has 0 bridgehead atoms. The minimum atomic E-state index is -0.958. The largest absolute Gasteiger partial charge is 0.467 e. The van der Waals surface area contributed by atoms with Crippen LogP contribution in [0, 0.1) is 0 Å². The van der Waals surface area contributed by atoms with Crippen molar-refractivity contribution >= 4 is 5.91 Å². The molecule has 1 fully saturated rings. The van der Waals surface area contributed by atoms with E-state index in [-0.39, 0.29) is 11.9 Å². The Kier molecular flexibility index (Phi) is 4.09. The van der Waals surface area contributed by atoms with E-state index in [1.807, 2.05) is 12.1 Å². The Morgan fingerprint density at radius 2 is 2.19 bits per heavy atom. The summed E-state index contributed by atoms with van der Waals surface area (Å²) >= 11 is 0. The normalized spacial score (nSPS) is 19.2. The van der Waals surface area contributed by atoms with Gasteiger partial charge >= 0.3 is 0 Å². The van der Waals surface area contributed by atoms with Crippen molar-refractivity contribution in [2.24, 2.45) is 0 Å². The van der Waals surface area contributed by atoms with Crippen LogP contribution in [-0.2, 0) is 9.53 Å². The van der Waals surface area contributed by atoms with Gasteiger partial charge in [-0.2, -0.15) is 0 Å². The van der Waals surface area contributed by atoms with E-state index in [0.29, 0.717) is 6.42 Å². The highest BCUT2D eigenvalue weighted by atomic mass is 16.6. The summed E-state index contributed by atoms with van der Waals surface area (Å²) in [6.07, 6.45) is 2.17. The molecule has 5 nitrogen and oxygen atoms in total. The molecule has 1 amide bonds. The molecule has 90 valence electrons. The number of nitrogens with one attached hydrogen (secondary N) is 1. The van der Waals surface area contributed by atoms with Crippen LogP contribution < -0.4 is 5.32 Å². The fourth-order valence-electron chi connectivity index (χ4n) is 1.02. The van der Waals surface area contributed by atoms with Gasteiger partial charge in [-0.05, 0) is 26.0 Å². The van der Waals surface area contributed by atoms with Crippen molar-refractivity contribution in [1.29, 1.82) is 0 Å². The number of β-lactam (4-membered cyclic amide) rings is 1. The quantitative estimate of drug-likeness (QED) is 0.588. The van der Waals surface area contributed by atoms with E-state index in [4.69, 9.17) is 9.52 Å². The Bertz CT molecular complexity index is 318. The van der Waals surface area contributed by atoms with Crippen molar-refractivity contribution in [3.63, 3.8) is 0 Å². The van der Waals surface area contributed by atoms with E-state index in [9.17, 15) is 4.79 Å². The van der Waals surface area contributed by atoms with Crippen molar-refractivity contribution in [1.82, 2.24) is 5.32 Å². The second kappa shape index (κ2) is 5.14. The third kappa shape index (κ3) is 4.04. The Morgan fingerprint density at radius 1 is 1.62 bits per heavy atom. The number of aliphatic hydroxyl groups is 1. The smallest absolute Gasteiger partial charge is 0.223 e. The number of rotatable bonds is 2. The van der Waals surface area contributed by atoms with Crippen molar-refractivity contribution in [3.05, 3.63) is 24.2 Å². The van der Waals surface area contributed by atoms with Crippen LogP contribution in [0.15, 0.2) is 22.8 Å². The zero-order chi connectivity index (χ0) is 12.2. The molecule has 5 heteroatoms. The van der Waals surface area contributed by atoms with Gasteiger partial charge in [0, 0.05) is 7.11 Å². The molecule has 1 aliphatic rings. The number of amides is 1. The zero-order valence-corrected chi connectivity index (χ0v) is 9.69. The third-order valence-electron chi connectivity index (χ3n) is 2.11. The summed E-state index contributed by atoms with van der Waals surface area (Å²) < 4.78 is 9.56. The number of carbonyl (C=O) groups is 1. The Hall–Kier alpha value is -1.33. The zero-order valence-electron chi connectivity index (χ0n) is 9.69. The van der Waals surface area contributed by atoms with Gasteiger partial charge in [-0.15, -0.1) is 0 Å². The number of ether oxygens (including phenoxy) is 1. The predicted molar refractivity (Wildman–Crippen MR) is 57.5 cm³/mol. The summed E-state index contributed by atoms with van der Waals surface area (Å²) in [5.41, 5.74) is 0. The fourth-order valence-corrected chi connectivity index (χ4v) is 1.02. The summed E-state index contributed by atoms with van der Waals surface area (Å²) in [6, 6.07) is 3.81. The molecule has 0 unspecified atom stereocenters. The lowest BCUT2D eigenvalue weighted by Crippen LogP contribution is -2.41. The van der Waals surface area contributed by atoms with Crippen LogP contribution in [0.5, 0.6) is 0 Å². The molecule has 1 aliphatic heterocycles. The molecule has 2 rings (SSSR count). The summed E-state index contributed by atoms with van der Waals surface area (Å²) in [6.45, 7) is 3.15. The van der Waals surface area contributed by atoms with Crippen molar-refractivity contribution in [2.45, 2.75) is 32.1 Å². The van der Waals surface area contributed by atoms with Crippen molar-refractivity contribution in [2.75, 3.05) is 7.11 Å². The number of furan rings is 1. The minimum Gasteiger partial charge on any atom is -0.467 e. The average molecular weight is 227 g/mol. The van der Waals surface area contributed by atoms with Gasteiger partial charge in [0.1, 0.15) is 5.76 Å². The van der Waals surface area contributed by atoms with Crippen LogP contribution >= 0.6 is 0 Å². The number of hydrogen-bond donors (Lipinski definition) is 2. The lowest BCUT2D eigenvalue weighted by molar-refractivity contribution is -0.155. The standard InChI is InChI=1S/C7H7NO2.C4H10O2/c9-7-4-5(8-7)6-2-1-3-10-6;1-4(2,5)6-3/h1-3,5H,4H2,(H,8,9);5H,1-3H3/t5-;/m1./s1. The second-order valence-electron chi connectivity index (χ2n) is 3.99. The van der Waals surface area contributed by atoms with Gasteiger partial charge in [0.2, 0.25) is 5.91 Å². The van der Waals surface area contributed by atoms with E-state index < -0.39 is 5.79 Å². The van der Waals surface area contributed by atoms with Gasteiger partial charge in [-0.3, -0.25) is 4.79 Å². The molecule has 2 N–H and O–H groups in total. The van der Waals surface area contributed by atoms with Crippen molar-refractivity contribution < 1.29 is 19.1 Å². The Labute approximate surface area is 94.4 Å². The van der Waals surface area contributed by atoms with Crippen LogP contribution in [0.2, 0.25) is 0 Å². The first-order valence-corrected chi connectivity index (χ1v) is 5.02. The first-order valence-electron chi connectivity index (χ1n) is 5.02. The molecular weight excluding hydrogens is 210 g/mol. The number of carbonyl (C=O) groups excluding carboxylic acids is 1. The monoisotopic (exact) mass is 227 g/mol. The van der Waals surface area contributed by atoms with E-state index in [1.54, 1.807) is 20.1 Å². The molecule has 0 aliphatic carbocycles. The number of hydrogen-bond acceptors (Lipinski definition) is 4. The lowest BCUT2D eigenvalue weighted by atomic mass is 10.0. The molecule has 1 saturated heterocycles. The molecule has 1 atom stereocenters. The highest BCUT2D eigenvalue weighted by molar-refractivity contribution is 5.83. The molecule has 0 spiro atoms. The predicted octanol–water partition coefficient (Wildman–Crippen LogP) is 1.20. The maximum Gasteiger partial charge on any atom is 0.223 e. The van der Waals surface area contributed by atoms with Gasteiger partial charge in [0.25, 0.3) is 0 Å². The molecule has 0 aromatic carbocycles. The van der Waals surface area contributed by atoms with E-state index >= 15 is 0 Å². The highest BCUT2D eigenvalue weighted by Gasteiger charge is 2.28. The summed E-state index contributed by atoms with van der Waals surface area (Å²) in [4.78, 5) is 10.5. The van der Waals surface area contributed by atoms with Crippen LogP contribution in [0.3, 0.4) is 0 Å². The van der Waals surface area contributed by atoms with Crippen molar-refractivity contribution in [3.8, 4) is 0 Å². The third-order valence-corrected chi connectivity index (χ3v) is 2.11. The van der Waals surface area contributed by atoms with Gasteiger partial charge in [-0.25, -0.2) is 0 Å². The second-order valence-corrected chi connectivity index (χ2v) is 3.99. The molecule has 2 heterocycles. The topological polar surface area (TPSA) is 71.7 Å². The Morgan fingerprint density at radius 3 is 2.50 bits per heavy atom. The van der Waals surface area contributed by atoms with Gasteiger partial charge < -0.3 is 19.6 Å². The molecule has 1 aromatic heterocycles. The van der Waals surface area contributed by atoms with Crippen LogP contribution in [-0.4, -0.2) is 23.9 Å². The fraction of sp³-hybridized carbons (Fsp3) is 0.545. The van der Waals surface area contributed by atoms with Crippen LogP contribution in [0.1, 0.15) is 32.1 Å². The maximum absolute atomic E-state index is 10.5.